The lowest BCUT2D eigenvalue weighted by Crippen LogP contribution is -2.36. The highest BCUT2D eigenvalue weighted by atomic mass is 16.5. The molecule has 3 rings (SSSR count). The molecule has 0 bridgehead atoms. The zero-order valence-electron chi connectivity index (χ0n) is 17.9. The summed E-state index contributed by atoms with van der Waals surface area (Å²) in [6.45, 7) is 7.96. The number of amides is 2. The number of anilines is 2. The number of urea groups is 1. The number of phenolic OH excluding ortho intramolecular Hbond substituents is 1. The molecule has 2 aromatic carbocycles. The molecule has 0 radical (unpaired) electrons. The van der Waals surface area contributed by atoms with E-state index in [1.54, 1.807) is 23.2 Å². The van der Waals surface area contributed by atoms with Gasteiger partial charge < -0.3 is 15.2 Å². The highest BCUT2D eigenvalue weighted by Gasteiger charge is 2.22. The van der Waals surface area contributed by atoms with Gasteiger partial charge in [0.05, 0.1) is 25.0 Å². The molecule has 7 nitrogen and oxygen atoms in total. The van der Waals surface area contributed by atoms with E-state index in [0.29, 0.717) is 23.8 Å². The second-order valence-corrected chi connectivity index (χ2v) is 7.17. The Bertz CT molecular complexity index is 1060. The molecular formula is C23H26N4O3. The number of hydrogen-bond donors (Lipinski definition) is 2. The van der Waals surface area contributed by atoms with Gasteiger partial charge in [0.15, 0.2) is 0 Å². The van der Waals surface area contributed by atoms with E-state index in [9.17, 15) is 9.90 Å². The lowest BCUT2D eigenvalue weighted by atomic mass is 10.1. The van der Waals surface area contributed by atoms with E-state index in [1.165, 1.54) is 13.2 Å². The molecule has 0 aliphatic rings. The number of carbonyl (C=O) groups excluding carboxylic acids is 1. The molecule has 2 amide bonds. The first-order valence-corrected chi connectivity index (χ1v) is 9.61. The number of aromatic hydroxyl groups is 1. The van der Waals surface area contributed by atoms with Gasteiger partial charge in [-0.2, -0.15) is 0 Å². The van der Waals surface area contributed by atoms with Gasteiger partial charge in [-0.25, -0.2) is 14.8 Å². The molecule has 1 aromatic heterocycles. The van der Waals surface area contributed by atoms with Gasteiger partial charge in [0.25, 0.3) is 0 Å². The highest BCUT2D eigenvalue weighted by Crippen LogP contribution is 2.31. The van der Waals surface area contributed by atoms with Gasteiger partial charge in [0.1, 0.15) is 17.3 Å². The molecule has 0 spiro atoms. The lowest BCUT2D eigenvalue weighted by molar-refractivity contribution is 0.256. The number of rotatable bonds is 5. The van der Waals surface area contributed by atoms with Gasteiger partial charge in [0, 0.05) is 23.5 Å². The summed E-state index contributed by atoms with van der Waals surface area (Å²) < 4.78 is 5.11. The van der Waals surface area contributed by atoms with E-state index >= 15 is 0 Å². The van der Waals surface area contributed by atoms with Crippen molar-refractivity contribution in [3.8, 4) is 11.5 Å². The van der Waals surface area contributed by atoms with E-state index in [-0.39, 0.29) is 11.8 Å². The molecule has 0 aliphatic carbocycles. The number of ether oxygens (including phenoxy) is 1. The number of aromatic nitrogens is 2. The average molecular weight is 406 g/mol. The third kappa shape index (κ3) is 4.51. The van der Waals surface area contributed by atoms with Crippen LogP contribution >= 0.6 is 0 Å². The maximum Gasteiger partial charge on any atom is 0.326 e. The van der Waals surface area contributed by atoms with Crippen LogP contribution in [-0.2, 0) is 6.54 Å². The topological polar surface area (TPSA) is 87.6 Å². The number of methoxy groups -OCH3 is 1. The average Bonchev–Trinajstić information content (AvgIpc) is 2.70. The molecule has 1 heterocycles. The second-order valence-electron chi connectivity index (χ2n) is 7.17. The number of phenols is 1. The molecule has 7 heteroatoms. The second kappa shape index (κ2) is 8.82. The maximum absolute atomic E-state index is 13.3. The van der Waals surface area contributed by atoms with Crippen molar-refractivity contribution in [2.24, 2.45) is 0 Å². The summed E-state index contributed by atoms with van der Waals surface area (Å²) in [5.74, 6) is 1.12. The number of para-hydroxylation sites is 1. The van der Waals surface area contributed by atoms with Crippen LogP contribution in [0.1, 0.15) is 28.2 Å². The molecule has 2 N–H and O–H groups in total. The molecule has 0 saturated carbocycles. The van der Waals surface area contributed by atoms with E-state index in [1.807, 2.05) is 45.9 Å². The van der Waals surface area contributed by atoms with Crippen LogP contribution in [0.4, 0.5) is 16.2 Å². The first kappa shape index (κ1) is 21.1. The minimum absolute atomic E-state index is 0.0704. The van der Waals surface area contributed by atoms with Crippen molar-refractivity contribution in [2.75, 3.05) is 17.3 Å². The molecular weight excluding hydrogens is 380 g/mol. The Balaban J connectivity index is 1.99. The first-order chi connectivity index (χ1) is 14.3. The standard InChI is InChI=1S/C23H26N4O3/c1-14-7-6-8-15(2)22(14)27(13-18-12-24-17(4)25-16(18)3)23(29)26-20-10-9-19(30-5)11-21(20)28/h6-12,28H,13H2,1-5H3,(H,26,29). The smallest absolute Gasteiger partial charge is 0.326 e. The number of benzene rings is 2. The van der Waals surface area contributed by atoms with E-state index in [4.69, 9.17) is 4.74 Å². The molecule has 3 aromatic rings. The fourth-order valence-electron chi connectivity index (χ4n) is 3.34. The monoisotopic (exact) mass is 406 g/mol. The Labute approximate surface area is 176 Å². The molecule has 0 unspecified atom stereocenters. The zero-order chi connectivity index (χ0) is 21.8. The van der Waals surface area contributed by atoms with Crippen LogP contribution in [0.5, 0.6) is 11.5 Å². The Kier molecular flexibility index (Phi) is 6.20. The normalized spacial score (nSPS) is 10.6. The highest BCUT2D eigenvalue weighted by molar-refractivity contribution is 6.03. The molecule has 156 valence electrons. The van der Waals surface area contributed by atoms with Gasteiger partial charge in [-0.3, -0.25) is 4.90 Å². The first-order valence-electron chi connectivity index (χ1n) is 9.61. The molecule has 0 saturated heterocycles. The number of aryl methyl sites for hydroxylation is 4. The van der Waals surface area contributed by atoms with Crippen LogP contribution < -0.4 is 15.0 Å². The SMILES string of the molecule is COc1ccc(NC(=O)N(Cc2cnc(C)nc2C)c2c(C)cccc2C)c(O)c1. The minimum atomic E-state index is -0.368. The summed E-state index contributed by atoms with van der Waals surface area (Å²) in [6, 6.07) is 10.3. The largest absolute Gasteiger partial charge is 0.506 e. The molecule has 30 heavy (non-hydrogen) atoms. The third-order valence-corrected chi connectivity index (χ3v) is 4.93. The minimum Gasteiger partial charge on any atom is -0.506 e. The molecule has 0 aliphatic heterocycles. The van der Waals surface area contributed by atoms with E-state index in [2.05, 4.69) is 15.3 Å². The van der Waals surface area contributed by atoms with Crippen LogP contribution in [0, 0.1) is 27.7 Å². The zero-order valence-corrected chi connectivity index (χ0v) is 17.9. The van der Waals surface area contributed by atoms with Gasteiger partial charge in [-0.05, 0) is 51.0 Å². The van der Waals surface area contributed by atoms with Crippen molar-refractivity contribution >= 4 is 17.4 Å². The Hall–Kier alpha value is -3.61. The summed E-state index contributed by atoms with van der Waals surface area (Å²) in [4.78, 5) is 23.7. The van der Waals surface area contributed by atoms with Crippen molar-refractivity contribution in [1.29, 1.82) is 0 Å². The van der Waals surface area contributed by atoms with Crippen LogP contribution in [0.3, 0.4) is 0 Å². The van der Waals surface area contributed by atoms with Crippen LogP contribution in [-0.4, -0.2) is 28.2 Å². The van der Waals surface area contributed by atoms with Gasteiger partial charge >= 0.3 is 6.03 Å². The summed E-state index contributed by atoms with van der Waals surface area (Å²) in [5, 5.41) is 13.1. The molecule has 0 atom stereocenters. The Morgan fingerprint density at radius 2 is 1.83 bits per heavy atom. The fourth-order valence-corrected chi connectivity index (χ4v) is 3.34. The van der Waals surface area contributed by atoms with E-state index < -0.39 is 0 Å². The summed E-state index contributed by atoms with van der Waals surface area (Å²) in [7, 11) is 1.52. The van der Waals surface area contributed by atoms with E-state index in [0.717, 1.165) is 28.1 Å². The third-order valence-electron chi connectivity index (χ3n) is 4.93. The van der Waals surface area contributed by atoms with Gasteiger partial charge in [-0.15, -0.1) is 0 Å². The Morgan fingerprint density at radius 3 is 2.43 bits per heavy atom. The van der Waals surface area contributed by atoms with Crippen LogP contribution in [0.15, 0.2) is 42.6 Å². The Morgan fingerprint density at radius 1 is 1.13 bits per heavy atom. The summed E-state index contributed by atoms with van der Waals surface area (Å²) >= 11 is 0. The van der Waals surface area contributed by atoms with Crippen molar-refractivity contribution in [3.63, 3.8) is 0 Å². The number of carbonyl (C=O) groups is 1. The number of hydrogen-bond acceptors (Lipinski definition) is 5. The predicted octanol–water partition coefficient (Wildman–Crippen LogP) is 4.66. The van der Waals surface area contributed by atoms with Crippen molar-refractivity contribution < 1.29 is 14.6 Å². The molecule has 0 fully saturated rings. The number of nitrogens with zero attached hydrogens (tertiary/aromatic N) is 3. The summed E-state index contributed by atoms with van der Waals surface area (Å²) in [5.41, 5.74) is 4.71. The van der Waals surface area contributed by atoms with Crippen LogP contribution in [0.25, 0.3) is 0 Å². The predicted molar refractivity (Wildman–Crippen MR) is 117 cm³/mol. The fraction of sp³-hybridized carbons (Fsp3) is 0.261. The number of nitrogens with one attached hydrogen (secondary N) is 1. The van der Waals surface area contributed by atoms with Crippen molar-refractivity contribution in [2.45, 2.75) is 34.2 Å². The lowest BCUT2D eigenvalue weighted by Gasteiger charge is -2.27. The summed E-state index contributed by atoms with van der Waals surface area (Å²) in [6.07, 6.45) is 1.75. The van der Waals surface area contributed by atoms with Crippen molar-refractivity contribution in [3.05, 3.63) is 70.8 Å². The van der Waals surface area contributed by atoms with Crippen molar-refractivity contribution in [1.82, 2.24) is 9.97 Å². The quantitative estimate of drug-likeness (QED) is 0.602. The van der Waals surface area contributed by atoms with Crippen LogP contribution in [0.2, 0.25) is 0 Å². The maximum atomic E-state index is 13.3. The van der Waals surface area contributed by atoms with Gasteiger partial charge in [-0.1, -0.05) is 18.2 Å². The van der Waals surface area contributed by atoms with Gasteiger partial charge in [0.2, 0.25) is 0 Å².